The van der Waals surface area contributed by atoms with Crippen molar-refractivity contribution >= 4 is 23.5 Å². The highest BCUT2D eigenvalue weighted by Crippen LogP contribution is 2.19. The zero-order valence-corrected chi connectivity index (χ0v) is 16.1. The van der Waals surface area contributed by atoms with Crippen LogP contribution >= 0.6 is 0 Å². The molecule has 0 saturated heterocycles. The van der Waals surface area contributed by atoms with E-state index in [2.05, 4.69) is 34.5 Å². The summed E-state index contributed by atoms with van der Waals surface area (Å²) in [4.78, 5) is 32.6. The van der Waals surface area contributed by atoms with Gasteiger partial charge >= 0.3 is 11.9 Å². The number of methoxy groups -OCH3 is 1. The number of ether oxygens (including phenoxy) is 1. The van der Waals surface area contributed by atoms with Gasteiger partial charge in [-0.2, -0.15) is 0 Å². The van der Waals surface area contributed by atoms with E-state index >= 15 is 0 Å². The molecule has 8 nitrogen and oxygen atoms in total. The van der Waals surface area contributed by atoms with Gasteiger partial charge in [0.1, 0.15) is 5.75 Å². The molecule has 3 N–H and O–H groups in total. The fourth-order valence-electron chi connectivity index (χ4n) is 2.90. The molecule has 2 aromatic carbocycles. The zero-order chi connectivity index (χ0) is 21.2. The summed E-state index contributed by atoms with van der Waals surface area (Å²) in [6, 6.07) is 16.0. The quantitative estimate of drug-likeness (QED) is 0.659. The first-order valence-corrected chi connectivity index (χ1v) is 9.08. The van der Waals surface area contributed by atoms with Crippen molar-refractivity contribution in [2.45, 2.75) is 19.4 Å². The fraction of sp³-hybridized carbons (Fsp3) is 0.286. The molecule has 0 spiro atoms. The molecule has 0 atom stereocenters. The second kappa shape index (κ2) is 10.8. The maximum Gasteiger partial charge on any atom is 0.414 e. The summed E-state index contributed by atoms with van der Waals surface area (Å²) in [5, 5.41) is 17.7. The van der Waals surface area contributed by atoms with Crippen LogP contribution in [0, 0.1) is 0 Å². The van der Waals surface area contributed by atoms with Crippen molar-refractivity contribution in [3.63, 3.8) is 0 Å². The molecule has 1 aliphatic rings. The molecule has 1 aliphatic heterocycles. The Balaban J connectivity index is 0.000000438. The molecule has 0 aliphatic carbocycles. The summed E-state index contributed by atoms with van der Waals surface area (Å²) in [6.07, 6.45) is 1.57. The lowest BCUT2D eigenvalue weighted by Crippen LogP contribution is -2.33. The van der Waals surface area contributed by atoms with Crippen molar-refractivity contribution in [2.75, 3.05) is 25.5 Å². The second-order valence-corrected chi connectivity index (χ2v) is 6.43. The second-order valence-electron chi connectivity index (χ2n) is 6.43. The molecule has 0 saturated carbocycles. The fourth-order valence-corrected chi connectivity index (χ4v) is 2.90. The van der Waals surface area contributed by atoms with Crippen LogP contribution in [-0.4, -0.2) is 53.2 Å². The Morgan fingerprint density at radius 3 is 2.21 bits per heavy atom. The van der Waals surface area contributed by atoms with Crippen LogP contribution in [-0.2, 0) is 27.3 Å². The van der Waals surface area contributed by atoms with Crippen molar-refractivity contribution < 1.29 is 29.3 Å². The SMILES string of the molecule is COc1ccc(NC(=O)CCN2CCc3ccccc3C2)cc1.O=C(O)C(=O)O. The number of carboxylic acids is 2. The number of benzene rings is 2. The summed E-state index contributed by atoms with van der Waals surface area (Å²) in [5.41, 5.74) is 3.63. The number of hydrogen-bond acceptors (Lipinski definition) is 5. The molecule has 0 radical (unpaired) electrons. The Kier molecular flexibility index (Phi) is 8.17. The first-order valence-electron chi connectivity index (χ1n) is 9.08. The third kappa shape index (κ3) is 7.27. The molecule has 0 unspecified atom stereocenters. The molecule has 1 heterocycles. The molecule has 0 fully saturated rings. The summed E-state index contributed by atoms with van der Waals surface area (Å²) in [6.45, 7) is 2.75. The molecule has 3 rings (SSSR count). The normalized spacial score (nSPS) is 12.7. The van der Waals surface area contributed by atoms with E-state index in [4.69, 9.17) is 24.5 Å². The van der Waals surface area contributed by atoms with E-state index in [-0.39, 0.29) is 5.91 Å². The minimum atomic E-state index is -1.82. The van der Waals surface area contributed by atoms with Crippen LogP contribution in [0.25, 0.3) is 0 Å². The number of amides is 1. The van der Waals surface area contributed by atoms with Gasteiger partial charge in [0.15, 0.2) is 0 Å². The maximum atomic E-state index is 12.1. The van der Waals surface area contributed by atoms with Gasteiger partial charge in [-0.25, -0.2) is 9.59 Å². The van der Waals surface area contributed by atoms with E-state index in [9.17, 15) is 4.79 Å². The third-order valence-electron chi connectivity index (χ3n) is 4.42. The number of nitrogens with one attached hydrogen (secondary N) is 1. The number of nitrogens with zero attached hydrogens (tertiary/aromatic N) is 1. The minimum Gasteiger partial charge on any atom is -0.497 e. The average molecular weight is 400 g/mol. The van der Waals surface area contributed by atoms with Crippen LogP contribution < -0.4 is 10.1 Å². The Morgan fingerprint density at radius 2 is 1.62 bits per heavy atom. The van der Waals surface area contributed by atoms with Gasteiger partial charge < -0.3 is 20.3 Å². The number of aliphatic carboxylic acids is 2. The topological polar surface area (TPSA) is 116 Å². The van der Waals surface area contributed by atoms with Gasteiger partial charge in [-0.05, 0) is 41.8 Å². The predicted molar refractivity (Wildman–Crippen MR) is 107 cm³/mol. The van der Waals surface area contributed by atoms with Crippen LogP contribution in [0.15, 0.2) is 48.5 Å². The lowest BCUT2D eigenvalue weighted by atomic mass is 10.00. The van der Waals surface area contributed by atoms with E-state index in [1.807, 2.05) is 24.3 Å². The number of carbonyl (C=O) groups excluding carboxylic acids is 1. The van der Waals surface area contributed by atoms with Crippen LogP contribution in [0.3, 0.4) is 0 Å². The standard InChI is InChI=1S/C19H22N2O2.C2H2O4/c1-23-18-8-6-17(7-9-18)20-19(22)11-13-21-12-10-15-4-2-3-5-16(15)14-21;3-1(4)2(5)6/h2-9H,10-14H2,1H3,(H,20,22);(H,3,4)(H,5,6). The summed E-state index contributed by atoms with van der Waals surface area (Å²) in [5.74, 6) is -2.81. The molecule has 1 amide bonds. The van der Waals surface area contributed by atoms with Crippen LogP contribution in [0.5, 0.6) is 5.75 Å². The first kappa shape index (κ1) is 21.9. The molecule has 2 aromatic rings. The van der Waals surface area contributed by atoms with Gasteiger partial charge in [-0.15, -0.1) is 0 Å². The third-order valence-corrected chi connectivity index (χ3v) is 4.42. The molecule has 8 heteroatoms. The van der Waals surface area contributed by atoms with Crippen LogP contribution in [0.1, 0.15) is 17.5 Å². The maximum absolute atomic E-state index is 12.1. The number of hydrogen-bond donors (Lipinski definition) is 3. The Hall–Kier alpha value is -3.39. The van der Waals surface area contributed by atoms with Crippen molar-refractivity contribution in [1.82, 2.24) is 4.90 Å². The molecule has 0 aromatic heterocycles. The largest absolute Gasteiger partial charge is 0.497 e. The first-order chi connectivity index (χ1) is 13.9. The van der Waals surface area contributed by atoms with E-state index in [0.29, 0.717) is 6.42 Å². The van der Waals surface area contributed by atoms with Crippen LogP contribution in [0.2, 0.25) is 0 Å². The van der Waals surface area contributed by atoms with E-state index < -0.39 is 11.9 Å². The monoisotopic (exact) mass is 400 g/mol. The number of carbonyl (C=O) groups is 3. The number of anilines is 1. The minimum absolute atomic E-state index is 0.0500. The van der Waals surface area contributed by atoms with Gasteiger partial charge in [0, 0.05) is 31.7 Å². The Bertz CT molecular complexity index is 839. The predicted octanol–water partition coefficient (Wildman–Crippen LogP) is 2.24. The van der Waals surface area contributed by atoms with Crippen molar-refractivity contribution in [3.8, 4) is 5.75 Å². The highest BCUT2D eigenvalue weighted by atomic mass is 16.5. The van der Waals surface area contributed by atoms with Gasteiger partial charge in [0.2, 0.25) is 5.91 Å². The van der Waals surface area contributed by atoms with Gasteiger partial charge in [0.05, 0.1) is 7.11 Å². The number of fused-ring (bicyclic) bond motifs is 1. The van der Waals surface area contributed by atoms with Crippen molar-refractivity contribution in [3.05, 3.63) is 59.7 Å². The van der Waals surface area contributed by atoms with Gasteiger partial charge in [-0.3, -0.25) is 9.69 Å². The summed E-state index contributed by atoms with van der Waals surface area (Å²) < 4.78 is 5.11. The lowest BCUT2D eigenvalue weighted by Gasteiger charge is -2.28. The van der Waals surface area contributed by atoms with Gasteiger partial charge in [-0.1, -0.05) is 24.3 Å². The summed E-state index contributed by atoms with van der Waals surface area (Å²) >= 11 is 0. The van der Waals surface area contributed by atoms with Gasteiger partial charge in [0.25, 0.3) is 0 Å². The molecule has 154 valence electrons. The molecule has 0 bridgehead atoms. The Labute approximate surface area is 168 Å². The van der Waals surface area contributed by atoms with E-state index in [0.717, 1.165) is 37.5 Å². The number of carboxylic acid groups (broad SMARTS) is 2. The van der Waals surface area contributed by atoms with Crippen LogP contribution in [0.4, 0.5) is 5.69 Å². The zero-order valence-electron chi connectivity index (χ0n) is 16.1. The van der Waals surface area contributed by atoms with E-state index in [1.165, 1.54) is 11.1 Å². The smallest absolute Gasteiger partial charge is 0.414 e. The highest BCUT2D eigenvalue weighted by molar-refractivity contribution is 6.27. The Morgan fingerprint density at radius 1 is 1.00 bits per heavy atom. The highest BCUT2D eigenvalue weighted by Gasteiger charge is 2.16. The molecular formula is C21H24N2O6. The average Bonchev–Trinajstić information content (AvgIpc) is 2.73. The van der Waals surface area contributed by atoms with Crippen molar-refractivity contribution in [2.24, 2.45) is 0 Å². The summed E-state index contributed by atoms with van der Waals surface area (Å²) in [7, 11) is 1.63. The van der Waals surface area contributed by atoms with E-state index in [1.54, 1.807) is 7.11 Å². The lowest BCUT2D eigenvalue weighted by molar-refractivity contribution is -0.159. The molecule has 29 heavy (non-hydrogen) atoms. The molecular weight excluding hydrogens is 376 g/mol. The number of rotatable bonds is 5. The van der Waals surface area contributed by atoms with Crippen molar-refractivity contribution in [1.29, 1.82) is 0 Å².